The van der Waals surface area contributed by atoms with E-state index >= 15 is 0 Å². The highest BCUT2D eigenvalue weighted by Gasteiger charge is 2.21. The molecule has 0 aliphatic rings. The minimum absolute atomic E-state index is 0.0508. The summed E-state index contributed by atoms with van der Waals surface area (Å²) in [4.78, 5) is 29.2. The van der Waals surface area contributed by atoms with Gasteiger partial charge in [0.05, 0.1) is 6.33 Å². The number of carbonyl (C=O) groups excluding carboxylic acids is 1. The van der Waals surface area contributed by atoms with Gasteiger partial charge in [0.15, 0.2) is 11.4 Å². The van der Waals surface area contributed by atoms with Crippen LogP contribution in [0.2, 0.25) is 0 Å². The van der Waals surface area contributed by atoms with Gasteiger partial charge < -0.3 is 15.4 Å². The third kappa shape index (κ3) is 4.39. The van der Waals surface area contributed by atoms with Crippen molar-refractivity contribution in [3.05, 3.63) is 17.7 Å². The third-order valence-corrected chi connectivity index (χ3v) is 2.95. The highest BCUT2D eigenvalue weighted by Crippen LogP contribution is 2.09. The quantitative estimate of drug-likeness (QED) is 0.672. The van der Waals surface area contributed by atoms with Crippen molar-refractivity contribution in [2.45, 2.75) is 52.0 Å². The number of amides is 1. The largest absolute Gasteiger partial charge is 0.477 e. The van der Waals surface area contributed by atoms with Crippen LogP contribution in [-0.4, -0.2) is 33.0 Å². The number of aromatic amines is 1. The molecule has 0 fully saturated rings. The number of H-pyrrole nitrogens is 1. The first-order valence-electron chi connectivity index (χ1n) is 6.67. The monoisotopic (exact) mass is 267 g/mol. The Bertz CT molecular complexity index is 429. The number of carboxylic acid groups (broad SMARTS) is 1. The van der Waals surface area contributed by atoms with E-state index in [2.05, 4.69) is 29.1 Å². The van der Waals surface area contributed by atoms with E-state index < -0.39 is 11.9 Å². The molecule has 0 aliphatic carbocycles. The number of carboxylic acids is 1. The molecule has 19 heavy (non-hydrogen) atoms. The van der Waals surface area contributed by atoms with Gasteiger partial charge in [0.2, 0.25) is 0 Å². The smallest absolute Gasteiger partial charge is 0.354 e. The maximum Gasteiger partial charge on any atom is 0.354 e. The first-order chi connectivity index (χ1) is 9.10. The summed E-state index contributed by atoms with van der Waals surface area (Å²) in [6.45, 7) is 4.16. The molecule has 0 saturated heterocycles. The van der Waals surface area contributed by atoms with E-state index in [-0.39, 0.29) is 17.4 Å². The molecule has 3 N–H and O–H groups in total. The molecular formula is C13H21N3O3. The SMILES string of the molecule is CCCCC(CCC)NC(=O)c1nc[nH]c1C(=O)O. The van der Waals surface area contributed by atoms with Gasteiger partial charge in [-0.15, -0.1) is 0 Å². The van der Waals surface area contributed by atoms with Gasteiger partial charge >= 0.3 is 5.97 Å². The van der Waals surface area contributed by atoms with E-state index in [4.69, 9.17) is 5.11 Å². The Kier molecular flexibility index (Phi) is 6.05. The lowest BCUT2D eigenvalue weighted by Crippen LogP contribution is -2.35. The number of nitrogens with zero attached hydrogens (tertiary/aromatic N) is 1. The van der Waals surface area contributed by atoms with Gasteiger partial charge in [0.1, 0.15) is 0 Å². The Hall–Kier alpha value is -1.85. The third-order valence-electron chi connectivity index (χ3n) is 2.95. The molecule has 1 unspecified atom stereocenters. The Morgan fingerprint density at radius 1 is 1.37 bits per heavy atom. The van der Waals surface area contributed by atoms with Gasteiger partial charge in [-0.1, -0.05) is 33.1 Å². The molecule has 6 nitrogen and oxygen atoms in total. The van der Waals surface area contributed by atoms with Crippen molar-refractivity contribution in [2.24, 2.45) is 0 Å². The minimum atomic E-state index is -1.18. The predicted molar refractivity (Wildman–Crippen MR) is 71.2 cm³/mol. The summed E-state index contributed by atoms with van der Waals surface area (Å²) in [5.74, 6) is -1.60. The Balaban J connectivity index is 2.70. The van der Waals surface area contributed by atoms with Crippen LogP contribution in [-0.2, 0) is 0 Å². The number of unbranched alkanes of at least 4 members (excludes halogenated alkanes) is 1. The highest BCUT2D eigenvalue weighted by atomic mass is 16.4. The number of rotatable bonds is 8. The van der Waals surface area contributed by atoms with E-state index in [9.17, 15) is 9.59 Å². The zero-order chi connectivity index (χ0) is 14.3. The van der Waals surface area contributed by atoms with E-state index in [0.717, 1.165) is 32.1 Å². The molecule has 1 amide bonds. The van der Waals surface area contributed by atoms with Crippen molar-refractivity contribution in [1.82, 2.24) is 15.3 Å². The van der Waals surface area contributed by atoms with Crippen LogP contribution in [0.1, 0.15) is 66.9 Å². The molecule has 0 radical (unpaired) electrons. The molecule has 1 aromatic heterocycles. The van der Waals surface area contributed by atoms with Crippen LogP contribution in [0, 0.1) is 0 Å². The fourth-order valence-electron chi connectivity index (χ4n) is 1.97. The Morgan fingerprint density at radius 3 is 2.68 bits per heavy atom. The van der Waals surface area contributed by atoms with E-state index in [0.29, 0.717) is 0 Å². The number of aromatic carboxylic acids is 1. The van der Waals surface area contributed by atoms with Crippen molar-refractivity contribution in [3.63, 3.8) is 0 Å². The van der Waals surface area contributed by atoms with Gasteiger partial charge in [-0.05, 0) is 12.8 Å². The van der Waals surface area contributed by atoms with Crippen molar-refractivity contribution in [3.8, 4) is 0 Å². The molecule has 0 aliphatic heterocycles. The van der Waals surface area contributed by atoms with Crippen LogP contribution < -0.4 is 5.32 Å². The molecule has 1 rings (SSSR count). The van der Waals surface area contributed by atoms with Crippen molar-refractivity contribution < 1.29 is 14.7 Å². The number of nitrogens with one attached hydrogen (secondary N) is 2. The fraction of sp³-hybridized carbons (Fsp3) is 0.615. The van der Waals surface area contributed by atoms with Crippen LogP contribution in [0.3, 0.4) is 0 Å². The second kappa shape index (κ2) is 7.56. The Labute approximate surface area is 112 Å². The molecule has 0 bridgehead atoms. The van der Waals surface area contributed by atoms with Gasteiger partial charge in [-0.2, -0.15) is 0 Å². The predicted octanol–water partition coefficient (Wildman–Crippen LogP) is 2.20. The van der Waals surface area contributed by atoms with E-state index in [1.165, 1.54) is 6.33 Å². The summed E-state index contributed by atoms with van der Waals surface area (Å²) in [6.07, 6.45) is 6.10. The van der Waals surface area contributed by atoms with Crippen molar-refractivity contribution in [1.29, 1.82) is 0 Å². The van der Waals surface area contributed by atoms with Crippen LogP contribution in [0.5, 0.6) is 0 Å². The summed E-state index contributed by atoms with van der Waals surface area (Å²) in [6, 6.07) is 0.0794. The average molecular weight is 267 g/mol. The lowest BCUT2D eigenvalue weighted by molar-refractivity contribution is 0.0684. The summed E-state index contributed by atoms with van der Waals surface area (Å²) >= 11 is 0. The molecule has 1 heterocycles. The maximum absolute atomic E-state index is 12.0. The average Bonchev–Trinajstić information content (AvgIpc) is 2.85. The second-order valence-corrected chi connectivity index (χ2v) is 4.53. The summed E-state index contributed by atoms with van der Waals surface area (Å²) in [7, 11) is 0. The maximum atomic E-state index is 12.0. The topological polar surface area (TPSA) is 95.1 Å². The summed E-state index contributed by atoms with van der Waals surface area (Å²) < 4.78 is 0. The fourth-order valence-corrected chi connectivity index (χ4v) is 1.97. The standard InChI is InChI=1S/C13H21N3O3/c1-3-5-7-9(6-4-2)16-12(17)10-11(13(18)19)15-8-14-10/h8-9H,3-7H2,1-2H3,(H,14,15)(H,16,17)(H,18,19). The normalized spacial score (nSPS) is 12.1. The zero-order valence-electron chi connectivity index (χ0n) is 11.4. The van der Waals surface area contributed by atoms with Crippen molar-refractivity contribution >= 4 is 11.9 Å². The number of imidazole rings is 1. The summed E-state index contributed by atoms with van der Waals surface area (Å²) in [5, 5.41) is 11.8. The Morgan fingerprint density at radius 2 is 2.11 bits per heavy atom. The van der Waals surface area contributed by atoms with Crippen LogP contribution in [0.25, 0.3) is 0 Å². The highest BCUT2D eigenvalue weighted by molar-refractivity contribution is 6.02. The number of carbonyl (C=O) groups is 2. The molecule has 106 valence electrons. The van der Waals surface area contributed by atoms with Crippen molar-refractivity contribution in [2.75, 3.05) is 0 Å². The lowest BCUT2D eigenvalue weighted by Gasteiger charge is -2.17. The second-order valence-electron chi connectivity index (χ2n) is 4.53. The number of hydrogen-bond acceptors (Lipinski definition) is 3. The molecular weight excluding hydrogens is 246 g/mol. The number of aromatic nitrogens is 2. The number of hydrogen-bond donors (Lipinski definition) is 3. The first-order valence-corrected chi connectivity index (χ1v) is 6.67. The molecule has 6 heteroatoms. The van der Waals surface area contributed by atoms with Crippen LogP contribution >= 0.6 is 0 Å². The van der Waals surface area contributed by atoms with E-state index in [1.54, 1.807) is 0 Å². The first kappa shape index (κ1) is 15.2. The molecule has 0 saturated carbocycles. The van der Waals surface area contributed by atoms with Gasteiger partial charge in [0.25, 0.3) is 5.91 Å². The molecule has 0 aromatic carbocycles. The van der Waals surface area contributed by atoms with Gasteiger partial charge in [-0.25, -0.2) is 9.78 Å². The lowest BCUT2D eigenvalue weighted by atomic mass is 10.0. The van der Waals surface area contributed by atoms with Gasteiger partial charge in [0, 0.05) is 6.04 Å². The molecule has 1 atom stereocenters. The van der Waals surface area contributed by atoms with Gasteiger partial charge in [-0.3, -0.25) is 4.79 Å². The summed E-state index contributed by atoms with van der Waals surface area (Å²) in [5.41, 5.74) is -0.214. The molecule has 1 aromatic rings. The van der Waals surface area contributed by atoms with E-state index in [1.807, 2.05) is 0 Å². The van der Waals surface area contributed by atoms with Crippen LogP contribution in [0.4, 0.5) is 0 Å². The van der Waals surface area contributed by atoms with Crippen LogP contribution in [0.15, 0.2) is 6.33 Å². The molecule has 0 spiro atoms. The minimum Gasteiger partial charge on any atom is -0.477 e. The zero-order valence-corrected chi connectivity index (χ0v) is 11.4.